The smallest absolute Gasteiger partial charge is 0.293 e. The van der Waals surface area contributed by atoms with E-state index < -0.39 is 0 Å². The number of aromatic nitrogens is 2. The van der Waals surface area contributed by atoms with Gasteiger partial charge in [-0.3, -0.25) is 4.79 Å². The molecule has 0 radical (unpaired) electrons. The summed E-state index contributed by atoms with van der Waals surface area (Å²) in [4.78, 5) is 16.2. The number of nitrogens with one attached hydrogen (secondary N) is 1. The zero-order valence-electron chi connectivity index (χ0n) is 11.4. The molecule has 1 heterocycles. The Morgan fingerprint density at radius 2 is 2.00 bits per heavy atom. The van der Waals surface area contributed by atoms with Gasteiger partial charge in [0, 0.05) is 24.5 Å². The van der Waals surface area contributed by atoms with Gasteiger partial charge in [0.15, 0.2) is 5.82 Å². The Balaban J connectivity index is 2.93. The van der Waals surface area contributed by atoms with Gasteiger partial charge < -0.3 is 9.88 Å². The highest BCUT2D eigenvalue weighted by Crippen LogP contribution is 2.11. The predicted molar refractivity (Wildman–Crippen MR) is 71.4 cm³/mol. The number of hydrogen-bond acceptors (Lipinski definition) is 3. The van der Waals surface area contributed by atoms with Crippen LogP contribution in [0.15, 0.2) is 17.2 Å². The number of hydrogen-bond donors (Lipinski definition) is 1. The van der Waals surface area contributed by atoms with E-state index in [9.17, 15) is 4.79 Å². The second-order valence-corrected chi connectivity index (χ2v) is 4.90. The molecule has 1 N–H and O–H groups in total. The molecule has 0 saturated carbocycles. The number of rotatable bonds is 5. The zero-order chi connectivity index (χ0) is 13.0. The minimum atomic E-state index is -0.0438. The van der Waals surface area contributed by atoms with Crippen LogP contribution >= 0.6 is 0 Å². The predicted octanol–water partition coefficient (Wildman–Crippen LogP) is 2.67. The minimum Gasteiger partial charge on any atom is -0.363 e. The van der Waals surface area contributed by atoms with Crippen LogP contribution in [0.25, 0.3) is 0 Å². The average Bonchev–Trinajstić information content (AvgIpc) is 2.30. The second-order valence-electron chi connectivity index (χ2n) is 4.90. The summed E-state index contributed by atoms with van der Waals surface area (Å²) in [6, 6.07) is 0.410. The van der Waals surface area contributed by atoms with E-state index in [0.717, 1.165) is 6.42 Å². The van der Waals surface area contributed by atoms with Crippen molar-refractivity contribution in [1.29, 1.82) is 0 Å². The molecule has 0 aliphatic heterocycles. The molecule has 4 heteroatoms. The molecule has 0 bridgehead atoms. The second kappa shape index (κ2) is 5.84. The van der Waals surface area contributed by atoms with Crippen molar-refractivity contribution in [2.45, 2.75) is 53.1 Å². The summed E-state index contributed by atoms with van der Waals surface area (Å²) >= 11 is 0. The van der Waals surface area contributed by atoms with Gasteiger partial charge in [0.2, 0.25) is 0 Å². The lowest BCUT2D eigenvalue weighted by atomic mass is 10.0. The lowest BCUT2D eigenvalue weighted by molar-refractivity contribution is 0.491. The van der Waals surface area contributed by atoms with Crippen molar-refractivity contribution in [3.63, 3.8) is 0 Å². The summed E-state index contributed by atoms with van der Waals surface area (Å²) in [6.07, 6.45) is 4.48. The van der Waals surface area contributed by atoms with Gasteiger partial charge in [0.1, 0.15) is 0 Å². The summed E-state index contributed by atoms with van der Waals surface area (Å²) in [5, 5.41) is 3.21. The van der Waals surface area contributed by atoms with E-state index >= 15 is 0 Å². The normalized spacial score (nSPS) is 14.7. The van der Waals surface area contributed by atoms with Gasteiger partial charge in [0.25, 0.3) is 5.56 Å². The van der Waals surface area contributed by atoms with Crippen LogP contribution in [0, 0.1) is 5.92 Å². The Hall–Kier alpha value is -1.32. The molecule has 0 aromatic carbocycles. The fourth-order valence-electron chi connectivity index (χ4n) is 1.64. The monoisotopic (exact) mass is 237 g/mol. The van der Waals surface area contributed by atoms with Crippen LogP contribution in [-0.2, 0) is 0 Å². The Kier molecular flexibility index (Phi) is 4.73. The standard InChI is InChI=1S/C13H23N3O/c1-6-10(4)11(5)15-12-13(17)16(9(2)3)8-7-14-12/h7-11H,6H2,1-5H3,(H,14,15). The molecule has 2 unspecified atom stereocenters. The van der Waals surface area contributed by atoms with Gasteiger partial charge >= 0.3 is 0 Å². The molecule has 1 aromatic rings. The van der Waals surface area contributed by atoms with E-state index in [1.165, 1.54) is 0 Å². The molecular weight excluding hydrogens is 214 g/mol. The summed E-state index contributed by atoms with van der Waals surface area (Å²) in [5.41, 5.74) is -0.0438. The molecule has 17 heavy (non-hydrogen) atoms. The highest BCUT2D eigenvalue weighted by Gasteiger charge is 2.13. The van der Waals surface area contributed by atoms with Gasteiger partial charge in [-0.25, -0.2) is 4.98 Å². The molecule has 96 valence electrons. The molecule has 0 spiro atoms. The molecule has 0 aliphatic rings. The van der Waals surface area contributed by atoms with Crippen LogP contribution in [0.1, 0.15) is 47.1 Å². The number of anilines is 1. The van der Waals surface area contributed by atoms with Crippen molar-refractivity contribution in [3.8, 4) is 0 Å². The fourth-order valence-corrected chi connectivity index (χ4v) is 1.64. The average molecular weight is 237 g/mol. The maximum atomic E-state index is 12.1. The third-order valence-electron chi connectivity index (χ3n) is 3.29. The van der Waals surface area contributed by atoms with Crippen molar-refractivity contribution >= 4 is 5.82 Å². The van der Waals surface area contributed by atoms with Crippen LogP contribution in [0.5, 0.6) is 0 Å². The lowest BCUT2D eigenvalue weighted by Crippen LogP contribution is -2.31. The first-order valence-electron chi connectivity index (χ1n) is 6.31. The molecule has 1 rings (SSSR count). The van der Waals surface area contributed by atoms with Gasteiger partial charge in [-0.2, -0.15) is 0 Å². The van der Waals surface area contributed by atoms with Crippen LogP contribution < -0.4 is 10.9 Å². The topological polar surface area (TPSA) is 46.9 Å². The van der Waals surface area contributed by atoms with Gasteiger partial charge in [-0.1, -0.05) is 20.3 Å². The molecule has 0 saturated heterocycles. The Morgan fingerprint density at radius 1 is 1.35 bits per heavy atom. The highest BCUT2D eigenvalue weighted by molar-refractivity contribution is 5.32. The molecule has 2 atom stereocenters. The molecular formula is C13H23N3O. The van der Waals surface area contributed by atoms with E-state index in [2.05, 4.69) is 31.1 Å². The quantitative estimate of drug-likeness (QED) is 0.856. The maximum absolute atomic E-state index is 12.1. The summed E-state index contributed by atoms with van der Waals surface area (Å²) in [5.74, 6) is 0.970. The van der Waals surface area contributed by atoms with Crippen molar-refractivity contribution < 1.29 is 0 Å². The third-order valence-corrected chi connectivity index (χ3v) is 3.29. The SMILES string of the molecule is CCC(C)C(C)Nc1nccn(C(C)C)c1=O. The van der Waals surface area contributed by atoms with E-state index in [1.54, 1.807) is 17.0 Å². The molecule has 0 amide bonds. The van der Waals surface area contributed by atoms with Crippen LogP contribution in [0.3, 0.4) is 0 Å². The number of nitrogens with zero attached hydrogens (tertiary/aromatic N) is 2. The molecule has 0 fully saturated rings. The van der Waals surface area contributed by atoms with Crippen molar-refractivity contribution in [2.24, 2.45) is 5.92 Å². The van der Waals surface area contributed by atoms with Crippen LogP contribution in [-0.4, -0.2) is 15.6 Å². The molecule has 0 aliphatic carbocycles. The fraction of sp³-hybridized carbons (Fsp3) is 0.692. The highest BCUT2D eigenvalue weighted by atomic mass is 16.1. The van der Waals surface area contributed by atoms with Crippen LogP contribution in [0.4, 0.5) is 5.82 Å². The summed E-state index contributed by atoms with van der Waals surface area (Å²) in [7, 11) is 0. The first-order chi connectivity index (χ1) is 7.97. The molecule has 1 aromatic heterocycles. The van der Waals surface area contributed by atoms with E-state index in [1.807, 2.05) is 13.8 Å². The Labute approximate surface area is 103 Å². The maximum Gasteiger partial charge on any atom is 0.293 e. The van der Waals surface area contributed by atoms with E-state index in [0.29, 0.717) is 11.7 Å². The van der Waals surface area contributed by atoms with Gasteiger partial charge in [-0.05, 0) is 26.7 Å². The van der Waals surface area contributed by atoms with Crippen molar-refractivity contribution in [2.75, 3.05) is 5.32 Å². The Bertz CT molecular complexity index is 411. The first kappa shape index (κ1) is 13.7. The lowest BCUT2D eigenvalue weighted by Gasteiger charge is -2.20. The summed E-state index contributed by atoms with van der Waals surface area (Å²) < 4.78 is 1.69. The van der Waals surface area contributed by atoms with Gasteiger partial charge in [0.05, 0.1) is 0 Å². The van der Waals surface area contributed by atoms with Crippen molar-refractivity contribution in [3.05, 3.63) is 22.7 Å². The minimum absolute atomic E-state index is 0.0438. The van der Waals surface area contributed by atoms with Crippen molar-refractivity contribution in [1.82, 2.24) is 9.55 Å². The molecule has 4 nitrogen and oxygen atoms in total. The van der Waals surface area contributed by atoms with E-state index in [4.69, 9.17) is 0 Å². The first-order valence-corrected chi connectivity index (χ1v) is 6.31. The Morgan fingerprint density at radius 3 is 2.53 bits per heavy atom. The summed E-state index contributed by atoms with van der Waals surface area (Å²) in [6.45, 7) is 10.4. The van der Waals surface area contributed by atoms with Crippen LogP contribution in [0.2, 0.25) is 0 Å². The van der Waals surface area contributed by atoms with Gasteiger partial charge in [-0.15, -0.1) is 0 Å². The third kappa shape index (κ3) is 3.32. The van der Waals surface area contributed by atoms with E-state index in [-0.39, 0.29) is 17.6 Å². The largest absolute Gasteiger partial charge is 0.363 e. The zero-order valence-corrected chi connectivity index (χ0v) is 11.4.